The summed E-state index contributed by atoms with van der Waals surface area (Å²) in [6.45, 7) is 14.7. The standard InChI is InChI=1S/C21H35NO2/c1-5-19(4)20-6-8-21(9-7-20)24-13-12-23-11-10-22-15-17(2)14-18(3)16-22/h6-9,17-19H,5,10-16H2,1-4H3. The van der Waals surface area contributed by atoms with Gasteiger partial charge in [0.25, 0.3) is 0 Å². The molecular formula is C21H35NO2. The van der Waals surface area contributed by atoms with Gasteiger partial charge in [-0.2, -0.15) is 0 Å². The van der Waals surface area contributed by atoms with Crippen molar-refractivity contribution >= 4 is 0 Å². The average Bonchev–Trinajstić information content (AvgIpc) is 2.57. The van der Waals surface area contributed by atoms with Crippen molar-refractivity contribution in [2.75, 3.05) is 39.5 Å². The minimum Gasteiger partial charge on any atom is -0.491 e. The third-order valence-corrected chi connectivity index (χ3v) is 5.05. The summed E-state index contributed by atoms with van der Waals surface area (Å²) in [5.74, 6) is 3.18. The molecule has 0 bridgehead atoms. The van der Waals surface area contributed by atoms with E-state index < -0.39 is 0 Å². The molecule has 136 valence electrons. The molecule has 3 unspecified atom stereocenters. The Morgan fingerprint density at radius 1 is 1.04 bits per heavy atom. The largest absolute Gasteiger partial charge is 0.491 e. The molecule has 3 heteroatoms. The molecule has 0 aromatic heterocycles. The van der Waals surface area contributed by atoms with Crippen LogP contribution in [0.4, 0.5) is 0 Å². The summed E-state index contributed by atoms with van der Waals surface area (Å²) in [5, 5.41) is 0. The molecule has 1 fully saturated rings. The van der Waals surface area contributed by atoms with Gasteiger partial charge in [0.2, 0.25) is 0 Å². The fraction of sp³-hybridized carbons (Fsp3) is 0.714. The van der Waals surface area contributed by atoms with E-state index in [4.69, 9.17) is 9.47 Å². The molecule has 24 heavy (non-hydrogen) atoms. The van der Waals surface area contributed by atoms with Crippen LogP contribution < -0.4 is 4.74 Å². The monoisotopic (exact) mass is 333 g/mol. The second-order valence-electron chi connectivity index (χ2n) is 7.54. The fourth-order valence-electron chi connectivity index (χ4n) is 3.62. The number of piperidine rings is 1. The zero-order valence-electron chi connectivity index (χ0n) is 16.0. The van der Waals surface area contributed by atoms with Crippen molar-refractivity contribution in [3.63, 3.8) is 0 Å². The van der Waals surface area contributed by atoms with Gasteiger partial charge in [0.15, 0.2) is 0 Å². The van der Waals surface area contributed by atoms with E-state index in [1.165, 1.54) is 31.5 Å². The van der Waals surface area contributed by atoms with Crippen LogP contribution in [0.5, 0.6) is 5.75 Å². The van der Waals surface area contributed by atoms with Crippen LogP contribution in [0.25, 0.3) is 0 Å². The molecule has 1 saturated heterocycles. The lowest BCUT2D eigenvalue weighted by molar-refractivity contribution is 0.0595. The lowest BCUT2D eigenvalue weighted by Gasteiger charge is -2.34. The van der Waals surface area contributed by atoms with Crippen LogP contribution in [0.2, 0.25) is 0 Å². The molecule has 0 radical (unpaired) electrons. The summed E-state index contributed by atoms with van der Waals surface area (Å²) >= 11 is 0. The first kappa shape index (κ1) is 19.3. The Hall–Kier alpha value is -1.06. The number of likely N-dealkylation sites (tertiary alicyclic amines) is 1. The number of hydrogen-bond acceptors (Lipinski definition) is 3. The number of hydrogen-bond donors (Lipinski definition) is 0. The topological polar surface area (TPSA) is 21.7 Å². The molecule has 2 rings (SSSR count). The van der Waals surface area contributed by atoms with E-state index in [-0.39, 0.29) is 0 Å². The van der Waals surface area contributed by atoms with Gasteiger partial charge in [0.1, 0.15) is 12.4 Å². The number of nitrogens with zero attached hydrogens (tertiary/aromatic N) is 1. The van der Waals surface area contributed by atoms with Crippen molar-refractivity contribution in [1.29, 1.82) is 0 Å². The average molecular weight is 334 g/mol. The molecule has 1 aromatic rings. The molecule has 1 aliphatic rings. The van der Waals surface area contributed by atoms with Gasteiger partial charge in [-0.1, -0.05) is 39.8 Å². The maximum Gasteiger partial charge on any atom is 0.119 e. The SMILES string of the molecule is CCC(C)c1ccc(OCCOCCN2CC(C)CC(C)C2)cc1. The van der Waals surface area contributed by atoms with E-state index in [0.29, 0.717) is 19.1 Å². The quantitative estimate of drug-likeness (QED) is 0.618. The lowest BCUT2D eigenvalue weighted by atomic mass is 9.92. The summed E-state index contributed by atoms with van der Waals surface area (Å²) < 4.78 is 11.5. The van der Waals surface area contributed by atoms with E-state index >= 15 is 0 Å². The van der Waals surface area contributed by atoms with Crippen LogP contribution in [0.3, 0.4) is 0 Å². The van der Waals surface area contributed by atoms with Gasteiger partial charge in [-0.05, 0) is 48.3 Å². The van der Waals surface area contributed by atoms with E-state index in [9.17, 15) is 0 Å². The maximum atomic E-state index is 5.76. The van der Waals surface area contributed by atoms with Gasteiger partial charge < -0.3 is 14.4 Å². The zero-order chi connectivity index (χ0) is 17.4. The highest BCUT2D eigenvalue weighted by Gasteiger charge is 2.21. The van der Waals surface area contributed by atoms with Crippen LogP contribution in [0, 0.1) is 11.8 Å². The molecule has 1 heterocycles. The number of benzene rings is 1. The Morgan fingerprint density at radius 2 is 1.71 bits per heavy atom. The van der Waals surface area contributed by atoms with Crippen LogP contribution >= 0.6 is 0 Å². The smallest absolute Gasteiger partial charge is 0.119 e. The lowest BCUT2D eigenvalue weighted by Crippen LogP contribution is -2.40. The number of rotatable bonds is 9. The Balaban J connectivity index is 1.56. The predicted molar refractivity (Wildman–Crippen MR) is 101 cm³/mol. The maximum absolute atomic E-state index is 5.76. The van der Waals surface area contributed by atoms with Crippen LogP contribution in [-0.2, 0) is 4.74 Å². The van der Waals surface area contributed by atoms with Crippen molar-refractivity contribution in [1.82, 2.24) is 4.90 Å². The van der Waals surface area contributed by atoms with Crippen LogP contribution in [0.1, 0.15) is 52.0 Å². The molecular weight excluding hydrogens is 298 g/mol. The van der Waals surface area contributed by atoms with Gasteiger partial charge in [-0.25, -0.2) is 0 Å². The molecule has 1 aromatic carbocycles. The van der Waals surface area contributed by atoms with Crippen LogP contribution in [0.15, 0.2) is 24.3 Å². The zero-order valence-corrected chi connectivity index (χ0v) is 16.0. The van der Waals surface area contributed by atoms with Crippen molar-refractivity contribution in [3.05, 3.63) is 29.8 Å². The molecule has 0 spiro atoms. The van der Waals surface area contributed by atoms with Gasteiger partial charge in [-0.15, -0.1) is 0 Å². The van der Waals surface area contributed by atoms with Gasteiger partial charge in [-0.3, -0.25) is 0 Å². The predicted octanol–water partition coefficient (Wildman–Crippen LogP) is 4.57. The van der Waals surface area contributed by atoms with E-state index in [0.717, 1.165) is 30.7 Å². The Morgan fingerprint density at radius 3 is 2.33 bits per heavy atom. The van der Waals surface area contributed by atoms with E-state index in [1.807, 2.05) is 0 Å². The molecule has 0 aliphatic carbocycles. The fourth-order valence-corrected chi connectivity index (χ4v) is 3.62. The summed E-state index contributed by atoms with van der Waals surface area (Å²) in [6, 6.07) is 8.47. The molecule has 3 nitrogen and oxygen atoms in total. The first-order valence-electron chi connectivity index (χ1n) is 9.61. The highest BCUT2D eigenvalue weighted by molar-refractivity contribution is 5.29. The highest BCUT2D eigenvalue weighted by Crippen LogP contribution is 2.22. The van der Waals surface area contributed by atoms with Crippen molar-refractivity contribution in [2.24, 2.45) is 11.8 Å². The van der Waals surface area contributed by atoms with Gasteiger partial charge >= 0.3 is 0 Å². The third kappa shape index (κ3) is 6.45. The molecule has 0 N–H and O–H groups in total. The van der Waals surface area contributed by atoms with Crippen molar-refractivity contribution in [3.8, 4) is 5.75 Å². The summed E-state index contributed by atoms with van der Waals surface area (Å²) in [4.78, 5) is 2.54. The number of ether oxygens (including phenoxy) is 2. The first-order chi connectivity index (χ1) is 11.6. The Bertz CT molecular complexity index is 449. The minimum absolute atomic E-state index is 0.614. The van der Waals surface area contributed by atoms with E-state index in [1.54, 1.807) is 0 Å². The normalized spacial score (nSPS) is 23.2. The van der Waals surface area contributed by atoms with Crippen molar-refractivity contribution < 1.29 is 9.47 Å². The Labute approximate surface area is 148 Å². The first-order valence-corrected chi connectivity index (χ1v) is 9.61. The molecule has 0 saturated carbocycles. The highest BCUT2D eigenvalue weighted by atomic mass is 16.5. The van der Waals surface area contributed by atoms with Gasteiger partial charge in [0.05, 0.1) is 13.2 Å². The molecule has 0 amide bonds. The summed E-state index contributed by atoms with van der Waals surface area (Å²) in [6.07, 6.45) is 2.53. The molecule has 1 aliphatic heterocycles. The van der Waals surface area contributed by atoms with Crippen LogP contribution in [-0.4, -0.2) is 44.4 Å². The molecule has 3 atom stereocenters. The third-order valence-electron chi connectivity index (χ3n) is 5.05. The summed E-state index contributed by atoms with van der Waals surface area (Å²) in [7, 11) is 0. The second kappa shape index (κ2) is 10.0. The summed E-state index contributed by atoms with van der Waals surface area (Å²) in [5.41, 5.74) is 1.38. The van der Waals surface area contributed by atoms with Gasteiger partial charge in [0, 0.05) is 19.6 Å². The Kier molecular flexibility index (Phi) is 8.07. The van der Waals surface area contributed by atoms with Crippen molar-refractivity contribution in [2.45, 2.75) is 46.5 Å². The second-order valence-corrected chi connectivity index (χ2v) is 7.54. The van der Waals surface area contributed by atoms with E-state index in [2.05, 4.69) is 56.9 Å². The minimum atomic E-state index is 0.614.